The largest absolute Gasteiger partial charge is 0.469 e. The standard InChI is InChI=1S/C11H22O6/c1-9(17-8-16-5-4-14-2)6-10(12)7-11(13)15-3/h9-10,12H,4-8H2,1-3H3/t9-,10-/m1/s1. The van der Waals surface area contributed by atoms with Crippen LogP contribution in [0.1, 0.15) is 19.8 Å². The van der Waals surface area contributed by atoms with Crippen LogP contribution in [0, 0.1) is 0 Å². The molecule has 0 heterocycles. The Hall–Kier alpha value is -0.690. The van der Waals surface area contributed by atoms with Gasteiger partial charge >= 0.3 is 5.97 Å². The summed E-state index contributed by atoms with van der Waals surface area (Å²) in [6.45, 7) is 2.94. The van der Waals surface area contributed by atoms with Crippen molar-refractivity contribution in [2.75, 3.05) is 34.2 Å². The van der Waals surface area contributed by atoms with Crippen LogP contribution in [0.15, 0.2) is 0 Å². The predicted octanol–water partition coefficient (Wildman–Crippen LogP) is 0.326. The van der Waals surface area contributed by atoms with Gasteiger partial charge in [0.15, 0.2) is 0 Å². The number of methoxy groups -OCH3 is 2. The molecule has 0 rings (SSSR count). The molecule has 0 unspecified atom stereocenters. The Balaban J connectivity index is 3.50. The lowest BCUT2D eigenvalue weighted by Gasteiger charge is -2.16. The van der Waals surface area contributed by atoms with Gasteiger partial charge in [-0.25, -0.2) is 0 Å². The maximum absolute atomic E-state index is 10.9. The van der Waals surface area contributed by atoms with E-state index < -0.39 is 12.1 Å². The summed E-state index contributed by atoms with van der Waals surface area (Å²) >= 11 is 0. The predicted molar refractivity (Wildman–Crippen MR) is 60.5 cm³/mol. The Bertz CT molecular complexity index is 196. The number of hydrogen-bond donors (Lipinski definition) is 1. The summed E-state index contributed by atoms with van der Waals surface area (Å²) < 4.78 is 19.6. The summed E-state index contributed by atoms with van der Waals surface area (Å²) in [5, 5.41) is 9.52. The summed E-state index contributed by atoms with van der Waals surface area (Å²) in [4.78, 5) is 10.9. The van der Waals surface area contributed by atoms with Gasteiger partial charge in [0.25, 0.3) is 0 Å². The normalized spacial score (nSPS) is 14.4. The molecule has 102 valence electrons. The average molecular weight is 250 g/mol. The van der Waals surface area contributed by atoms with Crippen molar-refractivity contribution in [1.82, 2.24) is 0 Å². The van der Waals surface area contributed by atoms with Gasteiger partial charge in [0, 0.05) is 7.11 Å². The Kier molecular flexibility index (Phi) is 10.0. The van der Waals surface area contributed by atoms with Gasteiger partial charge in [-0.1, -0.05) is 0 Å². The van der Waals surface area contributed by atoms with Gasteiger partial charge in [0.1, 0.15) is 6.79 Å². The molecule has 0 aromatic carbocycles. The van der Waals surface area contributed by atoms with Gasteiger partial charge in [-0.2, -0.15) is 0 Å². The third kappa shape index (κ3) is 10.2. The van der Waals surface area contributed by atoms with E-state index >= 15 is 0 Å². The number of carbonyl (C=O) groups is 1. The molecule has 1 N–H and O–H groups in total. The molecule has 0 bridgehead atoms. The molecule has 0 saturated heterocycles. The van der Waals surface area contributed by atoms with E-state index in [1.54, 1.807) is 14.0 Å². The molecular weight excluding hydrogens is 228 g/mol. The first-order valence-electron chi connectivity index (χ1n) is 5.53. The monoisotopic (exact) mass is 250 g/mol. The van der Waals surface area contributed by atoms with Gasteiger partial charge in [-0.15, -0.1) is 0 Å². The fraction of sp³-hybridized carbons (Fsp3) is 0.909. The first-order valence-corrected chi connectivity index (χ1v) is 5.53. The summed E-state index contributed by atoms with van der Waals surface area (Å²) in [7, 11) is 2.88. The van der Waals surface area contributed by atoms with Crippen LogP contribution in [0.4, 0.5) is 0 Å². The zero-order valence-corrected chi connectivity index (χ0v) is 10.7. The first-order chi connectivity index (χ1) is 8.10. The highest BCUT2D eigenvalue weighted by Crippen LogP contribution is 2.06. The van der Waals surface area contributed by atoms with Gasteiger partial charge < -0.3 is 24.1 Å². The van der Waals surface area contributed by atoms with Crippen LogP contribution < -0.4 is 0 Å². The molecule has 0 spiro atoms. The molecule has 0 aromatic rings. The SMILES string of the molecule is COCCOCO[C@H](C)C[C@@H](O)CC(=O)OC. The van der Waals surface area contributed by atoms with Crippen molar-refractivity contribution in [1.29, 1.82) is 0 Å². The second-order valence-corrected chi connectivity index (χ2v) is 3.67. The van der Waals surface area contributed by atoms with E-state index in [4.69, 9.17) is 14.2 Å². The van der Waals surface area contributed by atoms with Crippen molar-refractivity contribution < 1.29 is 28.8 Å². The molecule has 0 fully saturated rings. The number of aliphatic hydroxyl groups excluding tert-OH is 1. The molecule has 0 radical (unpaired) electrons. The van der Waals surface area contributed by atoms with Gasteiger partial charge in [0.2, 0.25) is 0 Å². The van der Waals surface area contributed by atoms with Crippen LogP contribution in [-0.4, -0.2) is 57.5 Å². The summed E-state index contributed by atoms with van der Waals surface area (Å²) in [6.07, 6.45) is -0.592. The van der Waals surface area contributed by atoms with Crippen LogP contribution in [0.3, 0.4) is 0 Å². The fourth-order valence-corrected chi connectivity index (χ4v) is 1.18. The van der Waals surface area contributed by atoms with E-state index in [0.29, 0.717) is 19.6 Å². The molecule has 6 heteroatoms. The third-order valence-electron chi connectivity index (χ3n) is 2.10. The number of aliphatic hydroxyl groups is 1. The van der Waals surface area contributed by atoms with E-state index in [-0.39, 0.29) is 19.3 Å². The Labute approximate surface area is 102 Å². The van der Waals surface area contributed by atoms with E-state index in [2.05, 4.69) is 4.74 Å². The number of ether oxygens (including phenoxy) is 4. The minimum absolute atomic E-state index is 0.0191. The lowest BCUT2D eigenvalue weighted by atomic mass is 10.1. The maximum Gasteiger partial charge on any atom is 0.308 e. The number of rotatable bonds is 10. The van der Waals surface area contributed by atoms with Gasteiger partial charge in [-0.05, 0) is 13.3 Å². The average Bonchev–Trinajstić information content (AvgIpc) is 2.28. The Morgan fingerprint density at radius 2 is 2.00 bits per heavy atom. The quantitative estimate of drug-likeness (QED) is 0.342. The Morgan fingerprint density at radius 1 is 1.29 bits per heavy atom. The van der Waals surface area contributed by atoms with Crippen molar-refractivity contribution in [2.24, 2.45) is 0 Å². The molecule has 0 aromatic heterocycles. The summed E-state index contributed by atoms with van der Waals surface area (Å²) in [5.41, 5.74) is 0. The third-order valence-corrected chi connectivity index (χ3v) is 2.10. The van der Waals surface area contributed by atoms with Crippen molar-refractivity contribution in [3.8, 4) is 0 Å². The zero-order chi connectivity index (χ0) is 13.1. The van der Waals surface area contributed by atoms with Crippen molar-refractivity contribution in [2.45, 2.75) is 32.0 Å². The molecule has 0 aliphatic carbocycles. The number of esters is 1. The minimum atomic E-state index is -0.753. The van der Waals surface area contributed by atoms with Crippen LogP contribution in [0.25, 0.3) is 0 Å². The highest BCUT2D eigenvalue weighted by atomic mass is 16.7. The molecule has 0 aliphatic rings. The highest BCUT2D eigenvalue weighted by Gasteiger charge is 2.14. The molecular formula is C11H22O6. The molecule has 0 aliphatic heterocycles. The number of carbonyl (C=O) groups excluding carboxylic acids is 1. The van der Waals surface area contributed by atoms with E-state index in [1.807, 2.05) is 0 Å². The number of hydrogen-bond acceptors (Lipinski definition) is 6. The van der Waals surface area contributed by atoms with Crippen LogP contribution in [-0.2, 0) is 23.7 Å². The maximum atomic E-state index is 10.9. The van der Waals surface area contributed by atoms with Gasteiger partial charge in [-0.3, -0.25) is 4.79 Å². The molecule has 6 nitrogen and oxygen atoms in total. The van der Waals surface area contributed by atoms with Crippen molar-refractivity contribution >= 4 is 5.97 Å². The molecule has 0 amide bonds. The lowest BCUT2D eigenvalue weighted by Crippen LogP contribution is -2.22. The molecule has 0 saturated carbocycles. The molecule has 17 heavy (non-hydrogen) atoms. The van der Waals surface area contributed by atoms with Gasteiger partial charge in [0.05, 0.1) is 39.0 Å². The topological polar surface area (TPSA) is 74.2 Å². The summed E-state index contributed by atoms with van der Waals surface area (Å²) in [5.74, 6) is -0.430. The van der Waals surface area contributed by atoms with E-state index in [0.717, 1.165) is 0 Å². The van der Waals surface area contributed by atoms with Crippen LogP contribution in [0.2, 0.25) is 0 Å². The molecule has 2 atom stereocenters. The van der Waals surface area contributed by atoms with Crippen LogP contribution in [0.5, 0.6) is 0 Å². The second-order valence-electron chi connectivity index (χ2n) is 3.67. The summed E-state index contributed by atoms with van der Waals surface area (Å²) in [6, 6.07) is 0. The van der Waals surface area contributed by atoms with E-state index in [9.17, 15) is 9.90 Å². The Morgan fingerprint density at radius 3 is 2.59 bits per heavy atom. The fourth-order valence-electron chi connectivity index (χ4n) is 1.18. The van der Waals surface area contributed by atoms with Crippen molar-refractivity contribution in [3.63, 3.8) is 0 Å². The van der Waals surface area contributed by atoms with Crippen LogP contribution >= 0.6 is 0 Å². The second kappa shape index (κ2) is 10.5. The van der Waals surface area contributed by atoms with E-state index in [1.165, 1.54) is 7.11 Å². The van der Waals surface area contributed by atoms with Crippen molar-refractivity contribution in [3.05, 3.63) is 0 Å². The highest BCUT2D eigenvalue weighted by molar-refractivity contribution is 5.69. The first kappa shape index (κ1) is 16.3. The zero-order valence-electron chi connectivity index (χ0n) is 10.7. The minimum Gasteiger partial charge on any atom is -0.469 e. The smallest absolute Gasteiger partial charge is 0.308 e. The lowest BCUT2D eigenvalue weighted by molar-refractivity contribution is -0.143.